The molecular formula is C9H7ClN2OS. The Morgan fingerprint density at radius 1 is 1.64 bits per heavy atom. The van der Waals surface area contributed by atoms with Gasteiger partial charge in [-0.3, -0.25) is 4.79 Å². The summed E-state index contributed by atoms with van der Waals surface area (Å²) in [6.07, 6.45) is 4.42. The van der Waals surface area contributed by atoms with Gasteiger partial charge in [0.05, 0.1) is 12.2 Å². The first kappa shape index (κ1) is 9.43. The summed E-state index contributed by atoms with van der Waals surface area (Å²) in [5, 5.41) is 0. The van der Waals surface area contributed by atoms with Crippen LogP contribution in [0.1, 0.15) is 15.4 Å². The van der Waals surface area contributed by atoms with Gasteiger partial charge in [-0.15, -0.1) is 11.3 Å². The summed E-state index contributed by atoms with van der Waals surface area (Å²) in [7, 11) is 0. The fourth-order valence-electron chi connectivity index (χ4n) is 1.20. The molecule has 0 atom stereocenters. The largest absolute Gasteiger partial charge is 0.340 e. The van der Waals surface area contributed by atoms with Crippen LogP contribution in [0.15, 0.2) is 24.5 Å². The predicted molar refractivity (Wildman–Crippen MR) is 56.0 cm³/mol. The molecule has 0 fully saturated rings. The summed E-state index contributed by atoms with van der Waals surface area (Å²) in [4.78, 5) is 15.6. The predicted octanol–water partition coefficient (Wildman–Crippen LogP) is 2.46. The van der Waals surface area contributed by atoms with Gasteiger partial charge in [0.2, 0.25) is 0 Å². The minimum absolute atomic E-state index is 0.528. The first-order valence-corrected chi connectivity index (χ1v) is 5.19. The fourth-order valence-corrected chi connectivity index (χ4v) is 2.18. The average molecular weight is 227 g/mol. The van der Waals surface area contributed by atoms with Gasteiger partial charge in [0, 0.05) is 17.3 Å². The van der Waals surface area contributed by atoms with Crippen molar-refractivity contribution >= 4 is 29.2 Å². The Kier molecular flexibility index (Phi) is 2.65. The molecule has 0 amide bonds. The zero-order valence-corrected chi connectivity index (χ0v) is 8.76. The molecule has 5 heteroatoms. The fraction of sp³-hybridized carbons (Fsp3) is 0.111. The number of thiazole rings is 1. The molecule has 0 aliphatic carbocycles. The third kappa shape index (κ3) is 1.86. The average Bonchev–Trinajstić information content (AvgIpc) is 2.76. The van der Waals surface area contributed by atoms with Gasteiger partial charge in [-0.05, 0) is 12.1 Å². The van der Waals surface area contributed by atoms with E-state index in [1.165, 1.54) is 11.3 Å². The molecule has 0 saturated heterocycles. The number of carbonyl (C=O) groups is 1. The lowest BCUT2D eigenvalue weighted by molar-refractivity contribution is 0.111. The van der Waals surface area contributed by atoms with Crippen molar-refractivity contribution in [2.75, 3.05) is 0 Å². The molecule has 0 unspecified atom stereocenters. The van der Waals surface area contributed by atoms with Crippen LogP contribution < -0.4 is 0 Å². The van der Waals surface area contributed by atoms with Gasteiger partial charge in [-0.1, -0.05) is 11.6 Å². The molecule has 0 bridgehead atoms. The highest BCUT2D eigenvalue weighted by atomic mass is 35.5. The van der Waals surface area contributed by atoms with E-state index in [0.717, 1.165) is 11.2 Å². The zero-order chi connectivity index (χ0) is 9.97. The van der Waals surface area contributed by atoms with Crippen molar-refractivity contribution in [1.82, 2.24) is 9.55 Å². The van der Waals surface area contributed by atoms with Crippen molar-refractivity contribution in [3.05, 3.63) is 39.6 Å². The van der Waals surface area contributed by atoms with E-state index < -0.39 is 0 Å². The molecule has 2 aromatic rings. The monoisotopic (exact) mass is 226 g/mol. The van der Waals surface area contributed by atoms with Crippen molar-refractivity contribution < 1.29 is 4.79 Å². The highest BCUT2D eigenvalue weighted by Gasteiger charge is 2.03. The van der Waals surface area contributed by atoms with E-state index in [9.17, 15) is 4.79 Å². The minimum atomic E-state index is 0.528. The van der Waals surface area contributed by atoms with Crippen molar-refractivity contribution in [1.29, 1.82) is 0 Å². The quantitative estimate of drug-likeness (QED) is 0.754. The first-order chi connectivity index (χ1) is 6.79. The number of nitrogens with zero attached hydrogens (tertiary/aromatic N) is 2. The Bertz CT molecular complexity index is 449. The molecule has 0 aliphatic rings. The molecule has 72 valence electrons. The van der Waals surface area contributed by atoms with Crippen molar-refractivity contribution in [2.24, 2.45) is 0 Å². The number of aromatic nitrogens is 2. The van der Waals surface area contributed by atoms with Crippen LogP contribution in [-0.2, 0) is 6.54 Å². The molecular weight excluding hydrogens is 220 g/mol. The molecule has 0 aliphatic heterocycles. The minimum Gasteiger partial charge on any atom is -0.340 e. The van der Waals surface area contributed by atoms with Crippen LogP contribution in [0.2, 0.25) is 4.47 Å². The number of carbonyl (C=O) groups excluding carboxylic acids is 1. The maximum Gasteiger partial charge on any atom is 0.183 e. The first-order valence-electron chi connectivity index (χ1n) is 4.00. The summed E-state index contributed by atoms with van der Waals surface area (Å²) in [6.45, 7) is 0.644. The highest BCUT2D eigenvalue weighted by Crippen LogP contribution is 2.19. The molecule has 2 aromatic heterocycles. The second-order valence-electron chi connectivity index (χ2n) is 2.76. The van der Waals surface area contributed by atoms with E-state index in [4.69, 9.17) is 11.6 Å². The highest BCUT2D eigenvalue weighted by molar-refractivity contribution is 7.15. The van der Waals surface area contributed by atoms with Gasteiger partial charge in [-0.25, -0.2) is 4.98 Å². The van der Waals surface area contributed by atoms with E-state index >= 15 is 0 Å². The van der Waals surface area contributed by atoms with Crippen LogP contribution in [0.3, 0.4) is 0 Å². The van der Waals surface area contributed by atoms with Crippen LogP contribution in [0.4, 0.5) is 0 Å². The Morgan fingerprint density at radius 3 is 3.14 bits per heavy atom. The maximum atomic E-state index is 10.6. The molecule has 14 heavy (non-hydrogen) atoms. The second-order valence-corrected chi connectivity index (χ2v) is 4.46. The van der Waals surface area contributed by atoms with Crippen LogP contribution in [0.5, 0.6) is 0 Å². The van der Waals surface area contributed by atoms with Gasteiger partial charge in [-0.2, -0.15) is 0 Å². The summed E-state index contributed by atoms with van der Waals surface area (Å²) in [5.74, 6) is 0. The molecule has 3 nitrogen and oxygen atoms in total. The molecule has 0 aromatic carbocycles. The van der Waals surface area contributed by atoms with E-state index in [2.05, 4.69) is 4.98 Å². The SMILES string of the molecule is O=Cc1cccn1Cc1cnc(Cl)s1. The Balaban J connectivity index is 2.22. The van der Waals surface area contributed by atoms with Crippen molar-refractivity contribution in [3.8, 4) is 0 Å². The van der Waals surface area contributed by atoms with Gasteiger partial charge >= 0.3 is 0 Å². The normalized spacial score (nSPS) is 10.4. The molecule has 0 radical (unpaired) electrons. The Hall–Kier alpha value is -1.13. The van der Waals surface area contributed by atoms with Crippen molar-refractivity contribution in [3.63, 3.8) is 0 Å². The lowest BCUT2D eigenvalue weighted by Gasteiger charge is -2.01. The number of rotatable bonds is 3. The van der Waals surface area contributed by atoms with Gasteiger partial charge in [0.15, 0.2) is 10.8 Å². The number of halogens is 1. The van der Waals surface area contributed by atoms with Crippen LogP contribution >= 0.6 is 22.9 Å². The van der Waals surface area contributed by atoms with Gasteiger partial charge < -0.3 is 4.57 Å². The third-order valence-corrected chi connectivity index (χ3v) is 2.94. The van der Waals surface area contributed by atoms with E-state index in [1.54, 1.807) is 12.3 Å². The standard InChI is InChI=1S/C9H7ClN2OS/c10-9-11-4-8(14-9)5-12-3-1-2-7(12)6-13/h1-4,6H,5H2. The van der Waals surface area contributed by atoms with Gasteiger partial charge in [0.25, 0.3) is 0 Å². The topological polar surface area (TPSA) is 34.9 Å². The van der Waals surface area contributed by atoms with Gasteiger partial charge in [0.1, 0.15) is 0 Å². The molecule has 0 spiro atoms. The summed E-state index contributed by atoms with van der Waals surface area (Å²) >= 11 is 7.13. The molecule has 2 rings (SSSR count). The lowest BCUT2D eigenvalue weighted by Crippen LogP contribution is -2.00. The van der Waals surface area contributed by atoms with Crippen LogP contribution in [-0.4, -0.2) is 15.8 Å². The number of hydrogen-bond acceptors (Lipinski definition) is 3. The van der Waals surface area contributed by atoms with E-state index in [-0.39, 0.29) is 0 Å². The van der Waals surface area contributed by atoms with Crippen LogP contribution in [0, 0.1) is 0 Å². The summed E-state index contributed by atoms with van der Waals surface area (Å²) in [6, 6.07) is 3.61. The number of aldehydes is 1. The van der Waals surface area contributed by atoms with E-state index in [1.807, 2.05) is 16.8 Å². The maximum absolute atomic E-state index is 10.6. The lowest BCUT2D eigenvalue weighted by atomic mass is 10.4. The summed E-state index contributed by atoms with van der Waals surface area (Å²) in [5.41, 5.74) is 0.662. The summed E-state index contributed by atoms with van der Waals surface area (Å²) < 4.78 is 2.39. The third-order valence-electron chi connectivity index (χ3n) is 1.84. The van der Waals surface area contributed by atoms with Crippen molar-refractivity contribution in [2.45, 2.75) is 6.54 Å². The molecule has 2 heterocycles. The smallest absolute Gasteiger partial charge is 0.183 e. The second kappa shape index (κ2) is 3.94. The zero-order valence-electron chi connectivity index (χ0n) is 7.18. The Morgan fingerprint density at radius 2 is 2.50 bits per heavy atom. The number of hydrogen-bond donors (Lipinski definition) is 0. The Labute approximate surface area is 90.0 Å². The van der Waals surface area contributed by atoms with Crippen LogP contribution in [0.25, 0.3) is 0 Å². The molecule has 0 saturated carbocycles. The molecule has 0 N–H and O–H groups in total. The van der Waals surface area contributed by atoms with E-state index in [0.29, 0.717) is 16.7 Å².